The van der Waals surface area contributed by atoms with Crippen molar-refractivity contribution in [2.24, 2.45) is 0 Å². The van der Waals surface area contributed by atoms with Crippen molar-refractivity contribution in [1.82, 2.24) is 15.0 Å². The molecule has 114 valence electrons. The lowest BCUT2D eigenvalue weighted by atomic mass is 10.3. The highest BCUT2D eigenvalue weighted by Gasteiger charge is 2.20. The van der Waals surface area contributed by atoms with Crippen molar-refractivity contribution in [1.29, 1.82) is 0 Å². The Balaban J connectivity index is 1.84. The predicted molar refractivity (Wildman–Crippen MR) is 91.0 cm³/mol. The van der Waals surface area contributed by atoms with Crippen molar-refractivity contribution in [2.75, 3.05) is 31.2 Å². The zero-order valence-corrected chi connectivity index (χ0v) is 14.1. The molecular weight excluding hydrogens is 316 g/mol. The number of fused-ring (bicyclic) bond motifs is 1. The Hall–Kier alpha value is -1.57. The molecule has 0 unspecified atom stereocenters. The van der Waals surface area contributed by atoms with E-state index in [4.69, 9.17) is 9.72 Å². The van der Waals surface area contributed by atoms with Gasteiger partial charge in [0.05, 0.1) is 18.1 Å². The maximum atomic E-state index is 5.44. The summed E-state index contributed by atoms with van der Waals surface area (Å²) in [7, 11) is 0. The van der Waals surface area contributed by atoms with Crippen LogP contribution in [0.2, 0.25) is 0 Å². The van der Waals surface area contributed by atoms with E-state index in [1.807, 2.05) is 6.92 Å². The second kappa shape index (κ2) is 5.57. The molecule has 0 radical (unpaired) electrons. The van der Waals surface area contributed by atoms with Gasteiger partial charge in [0.2, 0.25) is 0 Å². The molecule has 3 aromatic rings. The van der Waals surface area contributed by atoms with Gasteiger partial charge in [0, 0.05) is 13.1 Å². The molecule has 7 heteroatoms. The van der Waals surface area contributed by atoms with Crippen LogP contribution in [0.4, 0.5) is 5.82 Å². The summed E-state index contributed by atoms with van der Waals surface area (Å²) in [5, 5.41) is 3.18. The number of rotatable bonds is 2. The molecular formula is C15H16N4OS2. The van der Waals surface area contributed by atoms with E-state index in [-0.39, 0.29) is 0 Å². The molecule has 1 aliphatic heterocycles. The summed E-state index contributed by atoms with van der Waals surface area (Å²) in [5.74, 6) is 1.74. The first kappa shape index (κ1) is 14.0. The number of hydrogen-bond acceptors (Lipinski definition) is 7. The third-order valence-corrected chi connectivity index (χ3v) is 5.77. The number of ether oxygens (including phenoxy) is 1. The average molecular weight is 332 g/mol. The molecule has 0 N–H and O–H groups in total. The van der Waals surface area contributed by atoms with Gasteiger partial charge in [-0.25, -0.2) is 15.0 Å². The molecule has 0 atom stereocenters. The Bertz CT molecular complexity index is 820. The lowest BCUT2D eigenvalue weighted by Gasteiger charge is -2.27. The van der Waals surface area contributed by atoms with Gasteiger partial charge in [0.1, 0.15) is 21.2 Å². The first-order valence-electron chi connectivity index (χ1n) is 7.24. The molecule has 5 nitrogen and oxygen atoms in total. The second-order valence-electron chi connectivity index (χ2n) is 5.35. The van der Waals surface area contributed by atoms with Crippen LogP contribution in [0, 0.1) is 13.8 Å². The van der Waals surface area contributed by atoms with Gasteiger partial charge in [-0.2, -0.15) is 0 Å². The highest BCUT2D eigenvalue weighted by molar-refractivity contribution is 7.24. The molecule has 4 heterocycles. The van der Waals surface area contributed by atoms with Gasteiger partial charge < -0.3 is 9.64 Å². The molecule has 0 amide bonds. The first-order valence-corrected chi connectivity index (χ1v) is 8.94. The minimum absolute atomic E-state index is 0.742. The summed E-state index contributed by atoms with van der Waals surface area (Å²) >= 11 is 3.38. The van der Waals surface area contributed by atoms with Crippen LogP contribution in [0.1, 0.15) is 11.4 Å². The Morgan fingerprint density at radius 2 is 1.95 bits per heavy atom. The van der Waals surface area contributed by atoms with Crippen molar-refractivity contribution >= 4 is 38.8 Å². The van der Waals surface area contributed by atoms with Crippen LogP contribution in [0.25, 0.3) is 20.2 Å². The van der Waals surface area contributed by atoms with Gasteiger partial charge in [0.15, 0.2) is 5.82 Å². The summed E-state index contributed by atoms with van der Waals surface area (Å²) in [4.78, 5) is 18.5. The minimum atomic E-state index is 0.742. The normalized spacial score (nSPS) is 15.6. The van der Waals surface area contributed by atoms with Gasteiger partial charge in [-0.15, -0.1) is 11.3 Å². The van der Waals surface area contributed by atoms with Crippen molar-refractivity contribution in [3.05, 3.63) is 22.8 Å². The van der Waals surface area contributed by atoms with Gasteiger partial charge in [0.25, 0.3) is 0 Å². The van der Waals surface area contributed by atoms with Crippen LogP contribution < -0.4 is 4.90 Å². The molecule has 3 aromatic heterocycles. The SMILES string of the molecule is Cc1csc(-c2nc3c(N4CCOCC4)nc(C)nc3s2)c1. The Morgan fingerprint density at radius 1 is 1.14 bits per heavy atom. The van der Waals surface area contributed by atoms with Crippen LogP contribution >= 0.6 is 22.7 Å². The van der Waals surface area contributed by atoms with Gasteiger partial charge in [-0.3, -0.25) is 0 Å². The van der Waals surface area contributed by atoms with Gasteiger partial charge >= 0.3 is 0 Å². The van der Waals surface area contributed by atoms with E-state index in [1.54, 1.807) is 22.7 Å². The molecule has 1 aliphatic rings. The summed E-state index contributed by atoms with van der Waals surface area (Å²) < 4.78 is 5.44. The van der Waals surface area contributed by atoms with E-state index in [1.165, 1.54) is 10.4 Å². The lowest BCUT2D eigenvalue weighted by Crippen LogP contribution is -2.37. The molecule has 4 rings (SSSR count). The third-order valence-electron chi connectivity index (χ3n) is 3.60. The summed E-state index contributed by atoms with van der Waals surface area (Å²) in [6.45, 7) is 7.25. The fraction of sp³-hybridized carbons (Fsp3) is 0.400. The Kier molecular flexibility index (Phi) is 3.56. The van der Waals surface area contributed by atoms with E-state index in [2.05, 4.69) is 33.2 Å². The average Bonchev–Trinajstić information content (AvgIpc) is 3.13. The van der Waals surface area contributed by atoms with E-state index < -0.39 is 0 Å². The van der Waals surface area contributed by atoms with E-state index >= 15 is 0 Å². The van der Waals surface area contributed by atoms with E-state index in [0.717, 1.165) is 53.3 Å². The summed E-state index contributed by atoms with van der Waals surface area (Å²) in [6.07, 6.45) is 0. The number of anilines is 1. The summed E-state index contributed by atoms with van der Waals surface area (Å²) in [5.41, 5.74) is 2.19. The maximum Gasteiger partial charge on any atom is 0.160 e. The number of nitrogens with zero attached hydrogens (tertiary/aromatic N) is 4. The molecule has 22 heavy (non-hydrogen) atoms. The number of aryl methyl sites for hydroxylation is 2. The highest BCUT2D eigenvalue weighted by atomic mass is 32.1. The zero-order chi connectivity index (χ0) is 15.1. The highest BCUT2D eigenvalue weighted by Crippen LogP contribution is 2.36. The third kappa shape index (κ3) is 2.49. The second-order valence-corrected chi connectivity index (χ2v) is 7.24. The molecule has 0 aromatic carbocycles. The summed E-state index contributed by atoms with van der Waals surface area (Å²) in [6, 6.07) is 2.18. The molecule has 1 saturated heterocycles. The number of thiophene rings is 1. The van der Waals surface area contributed by atoms with Crippen LogP contribution in [-0.4, -0.2) is 41.3 Å². The maximum absolute atomic E-state index is 5.44. The van der Waals surface area contributed by atoms with E-state index in [9.17, 15) is 0 Å². The number of thiazole rings is 1. The molecule has 0 spiro atoms. The fourth-order valence-electron chi connectivity index (χ4n) is 2.56. The Labute approximate surface area is 136 Å². The first-order chi connectivity index (χ1) is 10.7. The van der Waals surface area contributed by atoms with E-state index in [0.29, 0.717) is 0 Å². The molecule has 0 bridgehead atoms. The lowest BCUT2D eigenvalue weighted by molar-refractivity contribution is 0.122. The van der Waals surface area contributed by atoms with Crippen molar-refractivity contribution in [2.45, 2.75) is 13.8 Å². The van der Waals surface area contributed by atoms with Crippen molar-refractivity contribution in [3.63, 3.8) is 0 Å². The topological polar surface area (TPSA) is 51.1 Å². The minimum Gasteiger partial charge on any atom is -0.378 e. The fourth-order valence-corrected chi connectivity index (χ4v) is 4.50. The molecule has 1 fully saturated rings. The van der Waals surface area contributed by atoms with Gasteiger partial charge in [-0.1, -0.05) is 11.3 Å². The molecule has 0 aliphatic carbocycles. The van der Waals surface area contributed by atoms with Crippen LogP contribution in [0.15, 0.2) is 11.4 Å². The van der Waals surface area contributed by atoms with Crippen LogP contribution in [-0.2, 0) is 4.74 Å². The quantitative estimate of drug-likeness (QED) is 0.721. The van der Waals surface area contributed by atoms with Crippen LogP contribution in [0.5, 0.6) is 0 Å². The van der Waals surface area contributed by atoms with Crippen LogP contribution in [0.3, 0.4) is 0 Å². The number of morpholine rings is 1. The molecule has 0 saturated carbocycles. The van der Waals surface area contributed by atoms with Crippen molar-refractivity contribution < 1.29 is 4.74 Å². The predicted octanol–water partition coefficient (Wildman–Crippen LogP) is 3.27. The zero-order valence-electron chi connectivity index (χ0n) is 12.5. The Morgan fingerprint density at radius 3 is 2.68 bits per heavy atom. The number of aromatic nitrogens is 3. The van der Waals surface area contributed by atoms with Gasteiger partial charge in [-0.05, 0) is 30.9 Å². The number of hydrogen-bond donors (Lipinski definition) is 0. The van der Waals surface area contributed by atoms with Crippen molar-refractivity contribution in [3.8, 4) is 9.88 Å². The standard InChI is InChI=1S/C15H16N4OS2/c1-9-7-11(21-8-9)14-18-12-13(19-3-5-20-6-4-19)16-10(2)17-15(12)22-14/h7-8H,3-6H2,1-2H3. The largest absolute Gasteiger partial charge is 0.378 e. The smallest absolute Gasteiger partial charge is 0.160 e. The monoisotopic (exact) mass is 332 g/mol.